The van der Waals surface area contributed by atoms with Crippen molar-refractivity contribution in [3.63, 3.8) is 0 Å². The molecule has 2 aromatic carbocycles. The van der Waals surface area contributed by atoms with Gasteiger partial charge in [-0.15, -0.1) is 0 Å². The van der Waals surface area contributed by atoms with Crippen molar-refractivity contribution in [2.24, 2.45) is 0 Å². The standard InChI is InChI=1S/C23H29FN2O3/c1-3-26(20-10-12-29-13-11-20)22-9-4-17(16(2)14-23(27)28)15-21(22)25-19-7-5-18(24)6-8-19/h4-9,15-16,20,25H,3,10-14H2,1-2H3,(H,27,28). The SMILES string of the molecule is CCN(c1ccc(C(C)CC(=O)O)cc1Nc1ccc(F)cc1)C1CCOCC1. The monoisotopic (exact) mass is 400 g/mol. The summed E-state index contributed by atoms with van der Waals surface area (Å²) >= 11 is 0. The van der Waals surface area contributed by atoms with E-state index in [2.05, 4.69) is 23.2 Å². The van der Waals surface area contributed by atoms with Crippen molar-refractivity contribution >= 4 is 23.0 Å². The van der Waals surface area contributed by atoms with E-state index in [0.29, 0.717) is 6.04 Å². The highest BCUT2D eigenvalue weighted by Crippen LogP contribution is 2.35. The van der Waals surface area contributed by atoms with Crippen LogP contribution in [0.25, 0.3) is 0 Å². The lowest BCUT2D eigenvalue weighted by atomic mass is 9.96. The van der Waals surface area contributed by atoms with Gasteiger partial charge in [-0.2, -0.15) is 0 Å². The Morgan fingerprint density at radius 2 is 1.93 bits per heavy atom. The molecule has 0 aromatic heterocycles. The summed E-state index contributed by atoms with van der Waals surface area (Å²) in [4.78, 5) is 13.5. The van der Waals surface area contributed by atoms with Crippen molar-refractivity contribution in [1.82, 2.24) is 0 Å². The molecule has 1 aliphatic heterocycles. The first-order valence-corrected chi connectivity index (χ1v) is 10.2. The van der Waals surface area contributed by atoms with Crippen LogP contribution in [-0.4, -0.2) is 36.9 Å². The fourth-order valence-electron chi connectivity index (χ4n) is 3.90. The molecule has 0 amide bonds. The molecule has 0 bridgehead atoms. The minimum atomic E-state index is -0.813. The first-order chi connectivity index (χ1) is 14.0. The number of carbonyl (C=O) groups is 1. The topological polar surface area (TPSA) is 61.8 Å². The maximum atomic E-state index is 13.3. The molecule has 1 atom stereocenters. The van der Waals surface area contributed by atoms with Crippen LogP contribution in [0.1, 0.15) is 44.6 Å². The molecule has 6 heteroatoms. The molecule has 2 aromatic rings. The minimum Gasteiger partial charge on any atom is -0.481 e. The second kappa shape index (κ2) is 9.74. The Kier molecular flexibility index (Phi) is 7.09. The van der Waals surface area contributed by atoms with E-state index in [4.69, 9.17) is 9.84 Å². The molecule has 0 aliphatic carbocycles. The first-order valence-electron chi connectivity index (χ1n) is 10.2. The van der Waals surface area contributed by atoms with Gasteiger partial charge in [-0.3, -0.25) is 4.79 Å². The van der Waals surface area contributed by atoms with Gasteiger partial charge in [0.1, 0.15) is 5.82 Å². The number of carboxylic acid groups (broad SMARTS) is 1. The first kappa shape index (κ1) is 21.1. The van der Waals surface area contributed by atoms with Crippen LogP contribution in [0.3, 0.4) is 0 Å². The Hall–Kier alpha value is -2.60. The molecule has 0 spiro atoms. The van der Waals surface area contributed by atoms with Gasteiger partial charge in [0, 0.05) is 31.5 Å². The molecule has 1 heterocycles. The fourth-order valence-corrected chi connectivity index (χ4v) is 3.90. The smallest absolute Gasteiger partial charge is 0.303 e. The number of benzene rings is 2. The highest BCUT2D eigenvalue weighted by atomic mass is 19.1. The summed E-state index contributed by atoms with van der Waals surface area (Å²) in [5.74, 6) is -1.20. The molecule has 29 heavy (non-hydrogen) atoms. The summed E-state index contributed by atoms with van der Waals surface area (Å²) in [5, 5.41) is 12.6. The van der Waals surface area contributed by atoms with E-state index in [1.165, 1.54) is 12.1 Å². The predicted molar refractivity (Wildman–Crippen MR) is 114 cm³/mol. The number of anilines is 3. The van der Waals surface area contributed by atoms with Gasteiger partial charge in [-0.1, -0.05) is 13.0 Å². The fraction of sp³-hybridized carbons (Fsp3) is 0.435. The van der Waals surface area contributed by atoms with Gasteiger partial charge in [0.15, 0.2) is 0 Å². The van der Waals surface area contributed by atoms with Crippen molar-refractivity contribution < 1.29 is 19.0 Å². The second-order valence-electron chi connectivity index (χ2n) is 7.54. The van der Waals surface area contributed by atoms with Crippen LogP contribution in [-0.2, 0) is 9.53 Å². The molecule has 1 saturated heterocycles. The van der Waals surface area contributed by atoms with Gasteiger partial charge in [-0.05, 0) is 67.6 Å². The Bertz CT molecular complexity index is 819. The summed E-state index contributed by atoms with van der Waals surface area (Å²) in [6.45, 7) is 6.43. The largest absolute Gasteiger partial charge is 0.481 e. The Labute approximate surface area is 171 Å². The average Bonchev–Trinajstić information content (AvgIpc) is 2.71. The molecule has 0 saturated carbocycles. The summed E-state index contributed by atoms with van der Waals surface area (Å²) < 4.78 is 18.8. The molecular weight excluding hydrogens is 371 g/mol. The number of rotatable bonds is 8. The highest BCUT2D eigenvalue weighted by molar-refractivity contribution is 5.77. The number of nitrogens with one attached hydrogen (secondary N) is 1. The molecular formula is C23H29FN2O3. The maximum Gasteiger partial charge on any atom is 0.303 e. The number of nitrogens with zero attached hydrogens (tertiary/aromatic N) is 1. The van der Waals surface area contributed by atoms with Crippen molar-refractivity contribution in [2.75, 3.05) is 30.0 Å². The quantitative estimate of drug-likeness (QED) is 0.641. The average molecular weight is 400 g/mol. The summed E-state index contributed by atoms with van der Waals surface area (Å²) in [6.07, 6.45) is 2.02. The molecule has 2 N–H and O–H groups in total. The molecule has 1 fully saturated rings. The van der Waals surface area contributed by atoms with E-state index in [9.17, 15) is 9.18 Å². The molecule has 1 unspecified atom stereocenters. The Morgan fingerprint density at radius 3 is 2.55 bits per heavy atom. The number of carboxylic acids is 1. The van der Waals surface area contributed by atoms with Crippen molar-refractivity contribution in [3.05, 3.63) is 53.8 Å². The summed E-state index contributed by atoms with van der Waals surface area (Å²) in [7, 11) is 0. The van der Waals surface area contributed by atoms with E-state index < -0.39 is 5.97 Å². The normalized spacial score (nSPS) is 15.7. The number of hydrogen-bond acceptors (Lipinski definition) is 4. The third-order valence-electron chi connectivity index (χ3n) is 5.48. The molecule has 3 rings (SSSR count). The third kappa shape index (κ3) is 5.48. The number of ether oxygens (including phenoxy) is 1. The van der Waals surface area contributed by atoms with Crippen LogP contribution in [0.4, 0.5) is 21.5 Å². The van der Waals surface area contributed by atoms with Crippen molar-refractivity contribution in [1.29, 1.82) is 0 Å². The summed E-state index contributed by atoms with van der Waals surface area (Å²) in [6, 6.07) is 12.8. The third-order valence-corrected chi connectivity index (χ3v) is 5.48. The van der Waals surface area contributed by atoms with Crippen LogP contribution in [0.5, 0.6) is 0 Å². The van der Waals surface area contributed by atoms with Crippen molar-refractivity contribution in [3.8, 4) is 0 Å². The van der Waals surface area contributed by atoms with E-state index in [0.717, 1.165) is 55.2 Å². The second-order valence-corrected chi connectivity index (χ2v) is 7.54. The Balaban J connectivity index is 1.96. The zero-order valence-electron chi connectivity index (χ0n) is 17.0. The minimum absolute atomic E-state index is 0.0762. The van der Waals surface area contributed by atoms with Crippen LogP contribution in [0.15, 0.2) is 42.5 Å². The van der Waals surface area contributed by atoms with Gasteiger partial charge >= 0.3 is 5.97 Å². The zero-order chi connectivity index (χ0) is 20.8. The molecule has 1 aliphatic rings. The maximum absolute atomic E-state index is 13.3. The van der Waals surface area contributed by atoms with Gasteiger partial charge in [0.25, 0.3) is 0 Å². The molecule has 156 valence electrons. The lowest BCUT2D eigenvalue weighted by molar-refractivity contribution is -0.137. The summed E-state index contributed by atoms with van der Waals surface area (Å²) in [5.41, 5.74) is 3.72. The van der Waals surface area contributed by atoms with Crippen LogP contribution >= 0.6 is 0 Å². The van der Waals surface area contributed by atoms with Gasteiger partial charge in [-0.25, -0.2) is 4.39 Å². The van der Waals surface area contributed by atoms with Gasteiger partial charge in [0.2, 0.25) is 0 Å². The van der Waals surface area contributed by atoms with E-state index >= 15 is 0 Å². The van der Waals surface area contributed by atoms with E-state index in [1.807, 2.05) is 19.1 Å². The van der Waals surface area contributed by atoms with E-state index in [-0.39, 0.29) is 18.2 Å². The van der Waals surface area contributed by atoms with E-state index in [1.54, 1.807) is 12.1 Å². The van der Waals surface area contributed by atoms with Crippen LogP contribution in [0.2, 0.25) is 0 Å². The molecule has 5 nitrogen and oxygen atoms in total. The molecule has 0 radical (unpaired) electrons. The Morgan fingerprint density at radius 1 is 1.24 bits per heavy atom. The van der Waals surface area contributed by atoms with Crippen molar-refractivity contribution in [2.45, 2.75) is 45.1 Å². The van der Waals surface area contributed by atoms with Gasteiger partial charge < -0.3 is 20.1 Å². The predicted octanol–water partition coefficient (Wildman–Crippen LogP) is 5.15. The van der Waals surface area contributed by atoms with Crippen LogP contribution < -0.4 is 10.2 Å². The van der Waals surface area contributed by atoms with Gasteiger partial charge in [0.05, 0.1) is 17.8 Å². The lowest BCUT2D eigenvalue weighted by Gasteiger charge is -2.36. The number of aliphatic carboxylic acids is 1. The zero-order valence-corrected chi connectivity index (χ0v) is 17.0. The highest BCUT2D eigenvalue weighted by Gasteiger charge is 2.23. The number of hydrogen-bond donors (Lipinski definition) is 2. The lowest BCUT2D eigenvalue weighted by Crippen LogP contribution is -2.39. The number of halogens is 1. The van der Waals surface area contributed by atoms with Crippen LogP contribution in [0, 0.1) is 5.82 Å².